The van der Waals surface area contributed by atoms with E-state index >= 15 is 0 Å². The average Bonchev–Trinajstić information content (AvgIpc) is 3.68. The van der Waals surface area contributed by atoms with Crippen LogP contribution in [-0.4, -0.2) is 42.1 Å². The number of aromatic nitrogens is 6. The van der Waals surface area contributed by atoms with E-state index in [1.165, 1.54) is 0 Å². The maximum atomic E-state index is 5.67. The number of benzene rings is 2. The minimum Gasteiger partial charge on any atom is -0.408 e. The Bertz CT molecular complexity index is 1260. The lowest BCUT2D eigenvalue weighted by molar-refractivity contribution is 0.505. The van der Waals surface area contributed by atoms with E-state index in [0.717, 1.165) is 57.2 Å². The van der Waals surface area contributed by atoms with Gasteiger partial charge in [0, 0.05) is 35.7 Å². The molecule has 0 radical (unpaired) electrons. The first kappa shape index (κ1) is 25.2. The number of hydrogen-bond donors (Lipinski definition) is 2. The predicted molar refractivity (Wildman–Crippen MR) is 146 cm³/mol. The fourth-order valence-electron chi connectivity index (χ4n) is 3.18. The Balaban J connectivity index is 0.959. The first-order valence-electron chi connectivity index (χ1n) is 11.7. The number of aryl methyl sites for hydroxylation is 2. The summed E-state index contributed by atoms with van der Waals surface area (Å²) in [6, 6.07) is 20.3. The van der Waals surface area contributed by atoms with E-state index in [0.29, 0.717) is 23.8 Å². The van der Waals surface area contributed by atoms with Gasteiger partial charge in [0.25, 0.3) is 0 Å². The molecule has 0 spiro atoms. The molecule has 2 aromatic carbocycles. The van der Waals surface area contributed by atoms with Crippen molar-refractivity contribution in [1.29, 1.82) is 0 Å². The molecule has 5 aromatic rings. The molecule has 0 aliphatic rings. The molecular weight excluding hydrogens is 529 g/mol. The number of rotatable bonds is 14. The maximum absolute atomic E-state index is 5.67. The molecule has 2 N–H and O–H groups in total. The highest BCUT2D eigenvalue weighted by molar-refractivity contribution is 8.03. The van der Waals surface area contributed by atoms with E-state index in [4.69, 9.17) is 8.83 Å². The molecule has 0 atom stereocenters. The molecule has 3 heterocycles. The molecule has 0 saturated carbocycles. The van der Waals surface area contributed by atoms with Crippen LogP contribution >= 0.6 is 34.9 Å². The van der Waals surface area contributed by atoms with Crippen molar-refractivity contribution in [2.45, 2.75) is 34.4 Å². The SMILES string of the molecule is c1ccc(Nc2nnc(CCCSc3nnc(SCCCc4nnc(Nc5ccccc5)o4)s3)o2)cc1. The van der Waals surface area contributed by atoms with E-state index in [-0.39, 0.29) is 0 Å². The Hall–Kier alpha value is -3.42. The van der Waals surface area contributed by atoms with Crippen LogP contribution in [0.3, 0.4) is 0 Å². The summed E-state index contributed by atoms with van der Waals surface area (Å²) in [6.45, 7) is 0. The summed E-state index contributed by atoms with van der Waals surface area (Å²) in [7, 11) is 0. The summed E-state index contributed by atoms with van der Waals surface area (Å²) < 4.78 is 13.3. The van der Waals surface area contributed by atoms with Crippen molar-refractivity contribution in [3.63, 3.8) is 0 Å². The summed E-state index contributed by atoms with van der Waals surface area (Å²) in [6.07, 6.45) is 3.25. The van der Waals surface area contributed by atoms with Crippen LogP contribution in [0.15, 0.2) is 78.2 Å². The lowest BCUT2D eigenvalue weighted by atomic mass is 10.3. The van der Waals surface area contributed by atoms with Gasteiger partial charge in [-0.2, -0.15) is 0 Å². The number of anilines is 4. The molecule has 3 aromatic heterocycles. The summed E-state index contributed by atoms with van der Waals surface area (Å²) >= 11 is 5.01. The van der Waals surface area contributed by atoms with Crippen LogP contribution < -0.4 is 10.6 Å². The van der Waals surface area contributed by atoms with E-state index in [1.807, 2.05) is 60.7 Å². The number of nitrogens with one attached hydrogen (secondary N) is 2. The summed E-state index contributed by atoms with van der Waals surface area (Å²) in [5, 5.41) is 31.1. The molecule has 0 amide bonds. The highest BCUT2D eigenvalue weighted by atomic mass is 32.2. The van der Waals surface area contributed by atoms with Crippen LogP contribution in [0.5, 0.6) is 0 Å². The van der Waals surface area contributed by atoms with Gasteiger partial charge in [0.1, 0.15) is 0 Å². The van der Waals surface area contributed by atoms with Crippen molar-refractivity contribution in [2.75, 3.05) is 22.1 Å². The van der Waals surface area contributed by atoms with Crippen LogP contribution in [0.1, 0.15) is 24.6 Å². The Morgan fingerprint density at radius 3 is 1.51 bits per heavy atom. The first-order chi connectivity index (χ1) is 18.3. The lowest BCUT2D eigenvalue weighted by Gasteiger charge is -1.99. The van der Waals surface area contributed by atoms with Crippen molar-refractivity contribution in [2.24, 2.45) is 0 Å². The van der Waals surface area contributed by atoms with Crippen molar-refractivity contribution in [1.82, 2.24) is 30.6 Å². The molecule has 0 aliphatic heterocycles. The molecule has 0 bridgehead atoms. The zero-order chi connectivity index (χ0) is 25.1. The molecule has 0 saturated heterocycles. The number of thioether (sulfide) groups is 2. The van der Waals surface area contributed by atoms with Gasteiger partial charge in [0.2, 0.25) is 11.8 Å². The van der Waals surface area contributed by atoms with Gasteiger partial charge >= 0.3 is 12.0 Å². The number of nitrogens with zero attached hydrogens (tertiary/aromatic N) is 6. The lowest BCUT2D eigenvalue weighted by Crippen LogP contribution is -1.89. The van der Waals surface area contributed by atoms with Crippen molar-refractivity contribution >= 4 is 58.3 Å². The predicted octanol–water partition coefficient (Wildman–Crippen LogP) is 6.24. The molecule has 0 aliphatic carbocycles. The molecule has 5 rings (SSSR count). The minimum atomic E-state index is 0.406. The van der Waals surface area contributed by atoms with E-state index in [1.54, 1.807) is 34.9 Å². The normalized spacial score (nSPS) is 11.0. The largest absolute Gasteiger partial charge is 0.408 e. The second-order valence-corrected chi connectivity index (χ2v) is 11.4. The molecule has 10 nitrogen and oxygen atoms in total. The van der Waals surface area contributed by atoms with Gasteiger partial charge in [-0.25, -0.2) is 0 Å². The summed E-state index contributed by atoms with van der Waals surface area (Å²) in [5.74, 6) is 3.05. The maximum Gasteiger partial charge on any atom is 0.320 e. The molecule has 190 valence electrons. The fraction of sp³-hybridized carbons (Fsp3) is 0.250. The third kappa shape index (κ3) is 8.03. The van der Waals surface area contributed by atoms with Gasteiger partial charge in [0.15, 0.2) is 8.68 Å². The van der Waals surface area contributed by atoms with Crippen molar-refractivity contribution in [3.8, 4) is 0 Å². The molecule has 37 heavy (non-hydrogen) atoms. The van der Waals surface area contributed by atoms with Crippen molar-refractivity contribution in [3.05, 3.63) is 72.4 Å². The second-order valence-electron chi connectivity index (χ2n) is 7.72. The van der Waals surface area contributed by atoms with Crippen LogP contribution in [-0.2, 0) is 12.8 Å². The van der Waals surface area contributed by atoms with Crippen LogP contribution in [0.4, 0.5) is 23.4 Å². The van der Waals surface area contributed by atoms with Gasteiger partial charge in [-0.3, -0.25) is 0 Å². The topological polar surface area (TPSA) is 128 Å². The van der Waals surface area contributed by atoms with E-state index in [9.17, 15) is 0 Å². The third-order valence-corrected chi connectivity index (χ3v) is 8.26. The van der Waals surface area contributed by atoms with Crippen LogP contribution in [0.25, 0.3) is 0 Å². The molecule has 0 fully saturated rings. The van der Waals surface area contributed by atoms with Crippen molar-refractivity contribution < 1.29 is 8.83 Å². The number of hydrogen-bond acceptors (Lipinski definition) is 13. The van der Waals surface area contributed by atoms with E-state index in [2.05, 4.69) is 41.2 Å². The first-order valence-corrected chi connectivity index (χ1v) is 14.5. The van der Waals surface area contributed by atoms with Gasteiger partial charge < -0.3 is 19.5 Å². The van der Waals surface area contributed by atoms with Gasteiger partial charge in [-0.05, 0) is 37.1 Å². The standard InChI is InChI=1S/C24H24N8O2S3/c1-3-9-17(10-4-1)25-21-29-27-19(33-21)13-7-15-35-23-31-32-24(37-23)36-16-8-14-20-28-30-22(34-20)26-18-11-5-2-6-12-18/h1-6,9-12H,7-8,13-16H2,(H,25,29)(H,26,30). The van der Waals surface area contributed by atoms with Crippen LogP contribution in [0.2, 0.25) is 0 Å². The number of para-hydroxylation sites is 2. The highest BCUT2D eigenvalue weighted by Gasteiger charge is 2.10. The smallest absolute Gasteiger partial charge is 0.320 e. The van der Waals surface area contributed by atoms with Gasteiger partial charge in [-0.15, -0.1) is 20.4 Å². The Kier molecular flexibility index (Phi) is 9.02. The minimum absolute atomic E-state index is 0.406. The van der Waals surface area contributed by atoms with Gasteiger partial charge in [0.05, 0.1) is 0 Å². The Morgan fingerprint density at radius 1 is 0.595 bits per heavy atom. The highest BCUT2D eigenvalue weighted by Crippen LogP contribution is 2.30. The quantitative estimate of drug-likeness (QED) is 0.119. The van der Waals surface area contributed by atoms with Crippen LogP contribution in [0, 0.1) is 0 Å². The summed E-state index contributed by atoms with van der Waals surface area (Å²) in [4.78, 5) is 0. The molecule has 13 heteroatoms. The fourth-order valence-corrected chi connectivity index (χ4v) is 6.22. The average molecular weight is 553 g/mol. The summed E-state index contributed by atoms with van der Waals surface area (Å²) in [5.41, 5.74) is 1.83. The molecular formula is C24H24N8O2S3. The molecule has 0 unspecified atom stereocenters. The zero-order valence-corrected chi connectivity index (χ0v) is 22.2. The monoisotopic (exact) mass is 552 g/mol. The van der Waals surface area contributed by atoms with Gasteiger partial charge in [-0.1, -0.05) is 81.5 Å². The Morgan fingerprint density at radius 2 is 1.05 bits per heavy atom. The third-order valence-electron chi connectivity index (χ3n) is 4.89. The second kappa shape index (κ2) is 13.2. The van der Waals surface area contributed by atoms with E-state index < -0.39 is 0 Å². The zero-order valence-electron chi connectivity index (χ0n) is 19.7. The Labute approximate surface area is 226 Å².